The van der Waals surface area contributed by atoms with E-state index in [1.165, 1.54) is 24.1 Å². The standard InChI is InChI=1S/C16H15FN4O2/c1-20-7-3-4-13(20)15(22)16(23)21(2)9-14-18-11-6-5-10(17)8-12(11)19-14/h3-8H,9H2,1-2H3,(H,18,19). The highest BCUT2D eigenvalue weighted by Crippen LogP contribution is 2.14. The van der Waals surface area contributed by atoms with Gasteiger partial charge in [0.25, 0.3) is 11.7 Å². The number of aromatic amines is 1. The summed E-state index contributed by atoms with van der Waals surface area (Å²) in [7, 11) is 3.23. The van der Waals surface area contributed by atoms with Gasteiger partial charge in [0, 0.05) is 20.3 Å². The van der Waals surface area contributed by atoms with Gasteiger partial charge in [0.15, 0.2) is 0 Å². The molecule has 118 valence electrons. The number of imidazole rings is 1. The molecule has 0 spiro atoms. The molecule has 23 heavy (non-hydrogen) atoms. The molecule has 0 aliphatic rings. The van der Waals surface area contributed by atoms with Crippen molar-refractivity contribution in [1.82, 2.24) is 19.4 Å². The van der Waals surface area contributed by atoms with Crippen LogP contribution in [0.25, 0.3) is 11.0 Å². The first-order valence-electron chi connectivity index (χ1n) is 7.01. The van der Waals surface area contributed by atoms with E-state index in [1.807, 2.05) is 0 Å². The average Bonchev–Trinajstić information content (AvgIpc) is 3.10. The number of Topliss-reactive ketones (excluding diaryl/α,β-unsaturated/α-hetero) is 1. The van der Waals surface area contributed by atoms with Crippen molar-refractivity contribution in [2.24, 2.45) is 7.05 Å². The van der Waals surface area contributed by atoms with Gasteiger partial charge in [-0.05, 0) is 30.3 Å². The van der Waals surface area contributed by atoms with E-state index in [-0.39, 0.29) is 12.4 Å². The van der Waals surface area contributed by atoms with Gasteiger partial charge in [0.05, 0.1) is 23.3 Å². The Hall–Kier alpha value is -2.96. The Morgan fingerprint density at radius 2 is 2.13 bits per heavy atom. The minimum Gasteiger partial charge on any atom is -0.348 e. The monoisotopic (exact) mass is 314 g/mol. The smallest absolute Gasteiger partial charge is 0.296 e. The fraction of sp³-hybridized carbons (Fsp3) is 0.188. The number of carbonyl (C=O) groups excluding carboxylic acids is 2. The number of ketones is 1. The second kappa shape index (κ2) is 5.68. The third kappa shape index (κ3) is 2.85. The summed E-state index contributed by atoms with van der Waals surface area (Å²) >= 11 is 0. The molecule has 0 fully saturated rings. The number of fused-ring (bicyclic) bond motifs is 1. The quantitative estimate of drug-likeness (QED) is 0.590. The zero-order valence-electron chi connectivity index (χ0n) is 12.7. The molecule has 0 bridgehead atoms. The first-order chi connectivity index (χ1) is 11.0. The van der Waals surface area contributed by atoms with Crippen LogP contribution in [0.15, 0.2) is 36.5 Å². The largest absolute Gasteiger partial charge is 0.348 e. The van der Waals surface area contributed by atoms with Crippen molar-refractivity contribution < 1.29 is 14.0 Å². The lowest BCUT2D eigenvalue weighted by atomic mass is 10.2. The fourth-order valence-electron chi connectivity index (χ4n) is 2.39. The van der Waals surface area contributed by atoms with Crippen LogP contribution < -0.4 is 0 Å². The van der Waals surface area contributed by atoms with Crippen molar-refractivity contribution in [3.8, 4) is 0 Å². The van der Waals surface area contributed by atoms with Gasteiger partial charge in [-0.3, -0.25) is 9.59 Å². The summed E-state index contributed by atoms with van der Waals surface area (Å²) < 4.78 is 14.8. The van der Waals surface area contributed by atoms with E-state index in [2.05, 4.69) is 9.97 Å². The number of amides is 1. The minimum absolute atomic E-state index is 0.130. The lowest BCUT2D eigenvalue weighted by molar-refractivity contribution is -0.125. The highest BCUT2D eigenvalue weighted by atomic mass is 19.1. The molecule has 0 unspecified atom stereocenters. The number of likely N-dealkylation sites (N-methyl/N-ethyl adjacent to an activating group) is 1. The van der Waals surface area contributed by atoms with Crippen LogP contribution in [-0.2, 0) is 18.4 Å². The van der Waals surface area contributed by atoms with Crippen LogP contribution in [0.2, 0.25) is 0 Å². The van der Waals surface area contributed by atoms with Crippen LogP contribution in [0.3, 0.4) is 0 Å². The summed E-state index contributed by atoms with van der Waals surface area (Å²) in [5.41, 5.74) is 1.49. The summed E-state index contributed by atoms with van der Waals surface area (Å²) in [5, 5.41) is 0. The molecular formula is C16H15FN4O2. The van der Waals surface area contributed by atoms with Crippen molar-refractivity contribution in [3.05, 3.63) is 53.9 Å². The van der Waals surface area contributed by atoms with E-state index < -0.39 is 11.7 Å². The van der Waals surface area contributed by atoms with E-state index in [0.717, 1.165) is 0 Å². The van der Waals surface area contributed by atoms with Crippen LogP contribution >= 0.6 is 0 Å². The predicted molar refractivity (Wildman–Crippen MR) is 82.3 cm³/mol. The van der Waals surface area contributed by atoms with Gasteiger partial charge in [-0.25, -0.2) is 9.37 Å². The predicted octanol–water partition coefficient (Wildman–Crippen LogP) is 1.88. The number of H-pyrrole nitrogens is 1. The SMILES string of the molecule is CN(Cc1nc2ccc(F)cc2[nH]1)C(=O)C(=O)c1cccn1C. The molecule has 0 saturated carbocycles. The fourth-order valence-corrected chi connectivity index (χ4v) is 2.39. The maximum Gasteiger partial charge on any atom is 0.296 e. The molecule has 3 aromatic rings. The molecule has 2 aromatic heterocycles. The highest BCUT2D eigenvalue weighted by Gasteiger charge is 2.23. The summed E-state index contributed by atoms with van der Waals surface area (Å²) in [4.78, 5) is 32.9. The van der Waals surface area contributed by atoms with Crippen molar-refractivity contribution in [2.75, 3.05) is 7.05 Å². The van der Waals surface area contributed by atoms with Gasteiger partial charge < -0.3 is 14.5 Å². The summed E-state index contributed by atoms with van der Waals surface area (Å²) in [6, 6.07) is 7.51. The number of aromatic nitrogens is 3. The van der Waals surface area contributed by atoms with Crippen molar-refractivity contribution >= 4 is 22.7 Å². The van der Waals surface area contributed by atoms with E-state index in [1.54, 1.807) is 36.0 Å². The number of carbonyl (C=O) groups is 2. The first kappa shape index (κ1) is 15.0. The Morgan fingerprint density at radius 3 is 2.83 bits per heavy atom. The molecule has 1 N–H and O–H groups in total. The third-order valence-corrected chi connectivity index (χ3v) is 3.60. The first-order valence-corrected chi connectivity index (χ1v) is 7.01. The molecule has 3 rings (SSSR count). The van der Waals surface area contributed by atoms with E-state index in [0.29, 0.717) is 22.6 Å². The van der Waals surface area contributed by atoms with Gasteiger partial charge in [-0.2, -0.15) is 0 Å². The molecule has 6 nitrogen and oxygen atoms in total. The topological polar surface area (TPSA) is 71.0 Å². The van der Waals surface area contributed by atoms with Gasteiger partial charge in [0.1, 0.15) is 11.6 Å². The Balaban J connectivity index is 1.77. The number of hydrogen-bond acceptors (Lipinski definition) is 3. The van der Waals surface area contributed by atoms with E-state index in [4.69, 9.17) is 0 Å². The Morgan fingerprint density at radius 1 is 1.35 bits per heavy atom. The number of halogens is 1. The molecule has 0 radical (unpaired) electrons. The van der Waals surface area contributed by atoms with E-state index >= 15 is 0 Å². The summed E-state index contributed by atoms with van der Waals surface area (Å²) in [5.74, 6) is -1.09. The molecule has 1 aromatic carbocycles. The maximum atomic E-state index is 13.2. The lowest BCUT2D eigenvalue weighted by Crippen LogP contribution is -2.34. The van der Waals surface area contributed by atoms with Gasteiger partial charge in [-0.1, -0.05) is 0 Å². The lowest BCUT2D eigenvalue weighted by Gasteiger charge is -2.14. The number of nitrogens with one attached hydrogen (secondary N) is 1. The molecular weight excluding hydrogens is 299 g/mol. The van der Waals surface area contributed by atoms with Gasteiger partial charge in [0.2, 0.25) is 0 Å². The van der Waals surface area contributed by atoms with Crippen LogP contribution in [0.5, 0.6) is 0 Å². The van der Waals surface area contributed by atoms with Crippen LogP contribution in [-0.4, -0.2) is 38.2 Å². The average molecular weight is 314 g/mol. The molecule has 0 aliphatic heterocycles. The molecule has 2 heterocycles. The third-order valence-electron chi connectivity index (χ3n) is 3.60. The van der Waals surface area contributed by atoms with Crippen LogP contribution in [0.1, 0.15) is 16.3 Å². The highest BCUT2D eigenvalue weighted by molar-refractivity contribution is 6.42. The van der Waals surface area contributed by atoms with Crippen LogP contribution in [0.4, 0.5) is 4.39 Å². The number of benzene rings is 1. The van der Waals surface area contributed by atoms with Crippen molar-refractivity contribution in [1.29, 1.82) is 0 Å². The number of aryl methyl sites for hydroxylation is 1. The maximum absolute atomic E-state index is 13.2. The number of nitrogens with zero attached hydrogens (tertiary/aromatic N) is 3. The molecule has 0 atom stereocenters. The molecule has 0 aliphatic carbocycles. The van der Waals surface area contributed by atoms with E-state index in [9.17, 15) is 14.0 Å². The normalized spacial score (nSPS) is 10.9. The van der Waals surface area contributed by atoms with Gasteiger partial charge in [-0.15, -0.1) is 0 Å². The Kier molecular flexibility index (Phi) is 3.69. The summed E-state index contributed by atoms with van der Waals surface area (Å²) in [6.45, 7) is 0.130. The molecule has 7 heteroatoms. The molecule has 0 saturated heterocycles. The Bertz CT molecular complexity index is 897. The van der Waals surface area contributed by atoms with Gasteiger partial charge >= 0.3 is 0 Å². The van der Waals surface area contributed by atoms with Crippen molar-refractivity contribution in [3.63, 3.8) is 0 Å². The second-order valence-corrected chi connectivity index (χ2v) is 5.34. The van der Waals surface area contributed by atoms with Crippen LogP contribution in [0, 0.1) is 5.82 Å². The zero-order valence-corrected chi connectivity index (χ0v) is 12.7. The number of rotatable bonds is 4. The second-order valence-electron chi connectivity index (χ2n) is 5.34. The summed E-state index contributed by atoms with van der Waals surface area (Å²) in [6.07, 6.45) is 1.70. The Labute approximate surface area is 131 Å². The minimum atomic E-state index is -0.626. The molecule has 1 amide bonds. The van der Waals surface area contributed by atoms with Crippen molar-refractivity contribution in [2.45, 2.75) is 6.54 Å². The zero-order chi connectivity index (χ0) is 16.6. The number of hydrogen-bond donors (Lipinski definition) is 1.